The second kappa shape index (κ2) is 6.60. The molecule has 3 heterocycles. The van der Waals surface area contributed by atoms with Crippen molar-refractivity contribution in [1.82, 2.24) is 14.9 Å². The molecule has 1 aromatic rings. The zero-order chi connectivity index (χ0) is 14.7. The Kier molecular flexibility index (Phi) is 4.58. The molecule has 5 nitrogen and oxygen atoms in total. The summed E-state index contributed by atoms with van der Waals surface area (Å²) in [4.78, 5) is 16.8. The van der Waals surface area contributed by atoms with E-state index >= 15 is 0 Å². The van der Waals surface area contributed by atoms with Gasteiger partial charge in [0.05, 0.1) is 0 Å². The third-order valence-corrected chi connectivity index (χ3v) is 4.61. The van der Waals surface area contributed by atoms with Crippen LogP contribution in [0.3, 0.4) is 0 Å². The van der Waals surface area contributed by atoms with Crippen molar-refractivity contribution >= 4 is 11.8 Å². The minimum atomic E-state index is 0.923. The van der Waals surface area contributed by atoms with Crippen molar-refractivity contribution in [2.75, 3.05) is 55.6 Å². The molecule has 0 radical (unpaired) electrons. The zero-order valence-corrected chi connectivity index (χ0v) is 13.4. The highest BCUT2D eigenvalue weighted by molar-refractivity contribution is 5.46. The summed E-state index contributed by atoms with van der Waals surface area (Å²) in [5, 5.41) is 0. The molecule has 0 spiro atoms. The molecule has 0 unspecified atom stereocenters. The molecule has 0 atom stereocenters. The van der Waals surface area contributed by atoms with E-state index in [1.54, 1.807) is 0 Å². The Hall–Kier alpha value is -1.36. The van der Waals surface area contributed by atoms with Crippen molar-refractivity contribution in [3.8, 4) is 0 Å². The number of piperazine rings is 1. The lowest BCUT2D eigenvalue weighted by atomic mass is 10.1. The van der Waals surface area contributed by atoms with Crippen LogP contribution in [-0.4, -0.2) is 60.7 Å². The largest absolute Gasteiger partial charge is 0.356 e. The average molecular weight is 289 g/mol. The fourth-order valence-corrected chi connectivity index (χ4v) is 3.23. The first kappa shape index (κ1) is 14.6. The predicted octanol–water partition coefficient (Wildman–Crippen LogP) is 1.92. The van der Waals surface area contributed by atoms with Crippen molar-refractivity contribution < 1.29 is 0 Å². The highest BCUT2D eigenvalue weighted by atomic mass is 15.3. The van der Waals surface area contributed by atoms with Crippen LogP contribution in [0, 0.1) is 6.92 Å². The molecule has 0 amide bonds. The van der Waals surface area contributed by atoms with Crippen LogP contribution < -0.4 is 9.80 Å². The summed E-state index contributed by atoms with van der Waals surface area (Å²) in [7, 11) is 0. The molecule has 21 heavy (non-hydrogen) atoms. The number of rotatable bonds is 3. The lowest BCUT2D eigenvalue weighted by Gasteiger charge is -2.35. The molecule has 2 fully saturated rings. The number of anilines is 2. The summed E-state index contributed by atoms with van der Waals surface area (Å²) < 4.78 is 0. The van der Waals surface area contributed by atoms with Crippen LogP contribution in [0.25, 0.3) is 0 Å². The summed E-state index contributed by atoms with van der Waals surface area (Å²) in [6.07, 6.45) is 3.92. The van der Waals surface area contributed by atoms with Gasteiger partial charge in [-0.05, 0) is 32.7 Å². The average Bonchev–Trinajstić information content (AvgIpc) is 2.55. The molecule has 116 valence electrons. The Morgan fingerprint density at radius 1 is 0.905 bits per heavy atom. The van der Waals surface area contributed by atoms with Gasteiger partial charge in [-0.3, -0.25) is 0 Å². The Labute approximate surface area is 128 Å². The molecular formula is C16H27N5. The Balaban J connectivity index is 1.74. The number of hydrogen-bond donors (Lipinski definition) is 0. The Morgan fingerprint density at radius 2 is 1.62 bits per heavy atom. The van der Waals surface area contributed by atoms with E-state index in [4.69, 9.17) is 4.98 Å². The lowest BCUT2D eigenvalue weighted by molar-refractivity contribution is 0.270. The van der Waals surface area contributed by atoms with Crippen molar-refractivity contribution in [3.05, 3.63) is 11.8 Å². The Morgan fingerprint density at radius 3 is 2.29 bits per heavy atom. The molecule has 0 bridgehead atoms. The number of aromatic nitrogens is 2. The molecule has 2 aliphatic heterocycles. The molecule has 2 saturated heterocycles. The van der Waals surface area contributed by atoms with E-state index in [2.05, 4.69) is 39.6 Å². The second-order valence-electron chi connectivity index (χ2n) is 6.14. The van der Waals surface area contributed by atoms with E-state index in [9.17, 15) is 0 Å². The Bertz CT molecular complexity index is 462. The maximum absolute atomic E-state index is 4.85. The third-order valence-electron chi connectivity index (χ3n) is 4.61. The van der Waals surface area contributed by atoms with Crippen LogP contribution in [0.15, 0.2) is 6.07 Å². The predicted molar refractivity (Wildman–Crippen MR) is 87.2 cm³/mol. The first-order valence-corrected chi connectivity index (χ1v) is 8.34. The van der Waals surface area contributed by atoms with Gasteiger partial charge in [-0.15, -0.1) is 0 Å². The molecule has 5 heteroatoms. The van der Waals surface area contributed by atoms with Crippen LogP contribution >= 0.6 is 0 Å². The summed E-state index contributed by atoms with van der Waals surface area (Å²) in [6, 6.07) is 2.14. The standard InChI is InChI=1S/C16H27N5/c1-3-19-9-11-21(12-10-19)16-17-14(2)13-15(18-16)20-7-5-4-6-8-20/h13H,3-12H2,1-2H3. The maximum Gasteiger partial charge on any atom is 0.227 e. The third kappa shape index (κ3) is 3.46. The van der Waals surface area contributed by atoms with Gasteiger partial charge < -0.3 is 14.7 Å². The SMILES string of the molecule is CCN1CCN(c2nc(C)cc(N3CCCCC3)n2)CC1. The normalized spacial score (nSPS) is 20.9. The number of likely N-dealkylation sites (N-methyl/N-ethyl adjacent to an activating group) is 1. The van der Waals surface area contributed by atoms with Crippen LogP contribution in [-0.2, 0) is 0 Å². The maximum atomic E-state index is 4.85. The van der Waals surface area contributed by atoms with Gasteiger partial charge in [0.2, 0.25) is 5.95 Å². The van der Waals surface area contributed by atoms with Gasteiger partial charge in [-0.25, -0.2) is 4.98 Å². The van der Waals surface area contributed by atoms with Gasteiger partial charge in [0.15, 0.2) is 0 Å². The smallest absolute Gasteiger partial charge is 0.227 e. The lowest BCUT2D eigenvalue weighted by Crippen LogP contribution is -2.47. The summed E-state index contributed by atoms with van der Waals surface area (Å²) in [5.74, 6) is 2.04. The fraction of sp³-hybridized carbons (Fsp3) is 0.750. The van der Waals surface area contributed by atoms with E-state index < -0.39 is 0 Å². The van der Waals surface area contributed by atoms with Crippen LogP contribution in [0.1, 0.15) is 31.9 Å². The minimum Gasteiger partial charge on any atom is -0.356 e. The molecule has 0 saturated carbocycles. The number of aryl methyl sites for hydroxylation is 1. The summed E-state index contributed by atoms with van der Waals surface area (Å²) >= 11 is 0. The summed E-state index contributed by atoms with van der Waals surface area (Å²) in [6.45, 7) is 12.0. The number of piperidine rings is 1. The summed E-state index contributed by atoms with van der Waals surface area (Å²) in [5.41, 5.74) is 1.08. The van der Waals surface area contributed by atoms with E-state index in [0.717, 1.165) is 63.3 Å². The highest BCUT2D eigenvalue weighted by Crippen LogP contribution is 2.21. The van der Waals surface area contributed by atoms with E-state index in [1.165, 1.54) is 19.3 Å². The van der Waals surface area contributed by atoms with Crippen molar-refractivity contribution in [2.24, 2.45) is 0 Å². The molecule has 1 aromatic heterocycles. The van der Waals surface area contributed by atoms with E-state index in [1.807, 2.05) is 0 Å². The first-order valence-electron chi connectivity index (χ1n) is 8.34. The number of nitrogens with zero attached hydrogens (tertiary/aromatic N) is 5. The van der Waals surface area contributed by atoms with Gasteiger partial charge in [0.25, 0.3) is 0 Å². The molecule has 0 N–H and O–H groups in total. The molecule has 2 aliphatic rings. The van der Waals surface area contributed by atoms with Crippen molar-refractivity contribution in [1.29, 1.82) is 0 Å². The second-order valence-corrected chi connectivity index (χ2v) is 6.14. The molecule has 0 aliphatic carbocycles. The van der Waals surface area contributed by atoms with E-state index in [-0.39, 0.29) is 0 Å². The monoisotopic (exact) mass is 289 g/mol. The fourth-order valence-electron chi connectivity index (χ4n) is 3.23. The quantitative estimate of drug-likeness (QED) is 0.849. The first-order chi connectivity index (χ1) is 10.3. The molecule has 3 rings (SSSR count). The zero-order valence-electron chi connectivity index (χ0n) is 13.4. The topological polar surface area (TPSA) is 35.5 Å². The van der Waals surface area contributed by atoms with Gasteiger partial charge in [0.1, 0.15) is 5.82 Å². The van der Waals surface area contributed by atoms with E-state index in [0.29, 0.717) is 0 Å². The van der Waals surface area contributed by atoms with Crippen LogP contribution in [0.5, 0.6) is 0 Å². The van der Waals surface area contributed by atoms with Crippen LogP contribution in [0.4, 0.5) is 11.8 Å². The van der Waals surface area contributed by atoms with Gasteiger partial charge >= 0.3 is 0 Å². The van der Waals surface area contributed by atoms with Gasteiger partial charge in [-0.1, -0.05) is 6.92 Å². The van der Waals surface area contributed by atoms with Crippen LogP contribution in [0.2, 0.25) is 0 Å². The number of hydrogen-bond acceptors (Lipinski definition) is 5. The van der Waals surface area contributed by atoms with Crippen molar-refractivity contribution in [2.45, 2.75) is 33.1 Å². The minimum absolute atomic E-state index is 0.923. The molecular weight excluding hydrogens is 262 g/mol. The highest BCUT2D eigenvalue weighted by Gasteiger charge is 2.20. The molecule has 0 aromatic carbocycles. The van der Waals surface area contributed by atoms with Gasteiger partial charge in [-0.2, -0.15) is 4.98 Å². The van der Waals surface area contributed by atoms with Gasteiger partial charge in [0, 0.05) is 51.0 Å². The van der Waals surface area contributed by atoms with Crippen molar-refractivity contribution in [3.63, 3.8) is 0 Å².